The first-order valence-corrected chi connectivity index (χ1v) is 14.0. The van der Waals surface area contributed by atoms with Crippen LogP contribution in [0.25, 0.3) is 0 Å². The summed E-state index contributed by atoms with van der Waals surface area (Å²) in [5.41, 5.74) is 6.98. The molecule has 4 nitrogen and oxygen atoms in total. The molecule has 0 spiro atoms. The molecule has 4 aromatic rings. The lowest BCUT2D eigenvalue weighted by atomic mass is 9.62. The fourth-order valence-electron chi connectivity index (χ4n) is 5.88. The SMILES string of the molecule is CCc1cc(C(c2ccc(O)c(CC)c2)C(C)(c2ccc(O)c(CC)c2)c2ccc(O)c(CC)c2)ccc1O. The predicted octanol–water partition coefficient (Wildman–Crippen LogP) is 7.90. The van der Waals surface area contributed by atoms with Crippen molar-refractivity contribution in [2.75, 3.05) is 0 Å². The topological polar surface area (TPSA) is 80.9 Å². The van der Waals surface area contributed by atoms with Crippen LogP contribution in [0.3, 0.4) is 0 Å². The maximum Gasteiger partial charge on any atom is 0.118 e. The first-order valence-electron chi connectivity index (χ1n) is 14.0. The summed E-state index contributed by atoms with van der Waals surface area (Å²) >= 11 is 0. The molecule has 0 aromatic heterocycles. The third kappa shape index (κ3) is 5.21. The molecule has 39 heavy (non-hydrogen) atoms. The zero-order valence-electron chi connectivity index (χ0n) is 23.6. The molecule has 0 radical (unpaired) electrons. The lowest BCUT2D eigenvalue weighted by Gasteiger charge is -2.41. The van der Waals surface area contributed by atoms with Gasteiger partial charge in [-0.05, 0) is 94.5 Å². The van der Waals surface area contributed by atoms with Crippen LogP contribution in [0.2, 0.25) is 0 Å². The van der Waals surface area contributed by atoms with Crippen LogP contribution in [0.15, 0.2) is 72.8 Å². The van der Waals surface area contributed by atoms with E-state index in [1.165, 1.54) is 0 Å². The molecule has 0 fully saturated rings. The van der Waals surface area contributed by atoms with Crippen LogP contribution in [0, 0.1) is 0 Å². The molecule has 0 aliphatic carbocycles. The van der Waals surface area contributed by atoms with E-state index in [-0.39, 0.29) is 28.9 Å². The largest absolute Gasteiger partial charge is 0.508 e. The van der Waals surface area contributed by atoms with Gasteiger partial charge in [0, 0.05) is 11.3 Å². The summed E-state index contributed by atoms with van der Waals surface area (Å²) in [6, 6.07) is 23.4. The Morgan fingerprint density at radius 2 is 0.795 bits per heavy atom. The smallest absolute Gasteiger partial charge is 0.118 e. The summed E-state index contributed by atoms with van der Waals surface area (Å²) in [7, 11) is 0. The van der Waals surface area contributed by atoms with E-state index < -0.39 is 5.41 Å². The summed E-state index contributed by atoms with van der Waals surface area (Å²) in [4.78, 5) is 0. The van der Waals surface area contributed by atoms with Gasteiger partial charge < -0.3 is 20.4 Å². The van der Waals surface area contributed by atoms with Crippen molar-refractivity contribution in [1.82, 2.24) is 0 Å². The van der Waals surface area contributed by atoms with Gasteiger partial charge in [-0.2, -0.15) is 0 Å². The van der Waals surface area contributed by atoms with E-state index in [0.29, 0.717) is 25.7 Å². The molecule has 4 rings (SSSR count). The number of phenols is 4. The van der Waals surface area contributed by atoms with Crippen molar-refractivity contribution in [3.05, 3.63) is 117 Å². The van der Waals surface area contributed by atoms with E-state index in [1.54, 1.807) is 24.3 Å². The second kappa shape index (κ2) is 11.4. The highest BCUT2D eigenvalue weighted by Crippen LogP contribution is 2.50. The molecule has 0 amide bonds. The lowest BCUT2D eigenvalue weighted by Crippen LogP contribution is -2.33. The molecule has 0 atom stereocenters. The number of rotatable bonds is 9. The summed E-state index contributed by atoms with van der Waals surface area (Å²) in [5, 5.41) is 42.2. The Labute approximate surface area is 232 Å². The van der Waals surface area contributed by atoms with Crippen molar-refractivity contribution in [2.24, 2.45) is 0 Å². The minimum Gasteiger partial charge on any atom is -0.508 e. The first kappa shape index (κ1) is 28.1. The van der Waals surface area contributed by atoms with Crippen molar-refractivity contribution in [2.45, 2.75) is 71.6 Å². The highest BCUT2D eigenvalue weighted by atomic mass is 16.3. The Morgan fingerprint density at radius 3 is 1.13 bits per heavy atom. The van der Waals surface area contributed by atoms with E-state index in [2.05, 4.69) is 31.2 Å². The van der Waals surface area contributed by atoms with Crippen LogP contribution >= 0.6 is 0 Å². The van der Waals surface area contributed by atoms with Gasteiger partial charge in [0.15, 0.2) is 0 Å². The molecule has 0 heterocycles. The Morgan fingerprint density at radius 1 is 0.487 bits per heavy atom. The third-order valence-electron chi connectivity index (χ3n) is 8.33. The lowest BCUT2D eigenvalue weighted by molar-refractivity contribution is 0.456. The summed E-state index contributed by atoms with van der Waals surface area (Å²) in [6.07, 6.45) is 2.76. The van der Waals surface area contributed by atoms with Crippen molar-refractivity contribution >= 4 is 0 Å². The Kier molecular flexibility index (Phi) is 8.25. The van der Waals surface area contributed by atoms with Gasteiger partial charge >= 0.3 is 0 Å². The molecule has 4 aromatic carbocycles. The van der Waals surface area contributed by atoms with Crippen LogP contribution in [0.5, 0.6) is 23.0 Å². The average Bonchev–Trinajstić information content (AvgIpc) is 2.95. The Balaban J connectivity index is 2.13. The van der Waals surface area contributed by atoms with Crippen molar-refractivity contribution in [3.63, 3.8) is 0 Å². The van der Waals surface area contributed by atoms with Crippen LogP contribution in [-0.4, -0.2) is 20.4 Å². The first-order chi connectivity index (χ1) is 18.7. The minimum absolute atomic E-state index is 0.210. The van der Waals surface area contributed by atoms with Crippen LogP contribution in [0.1, 0.15) is 85.0 Å². The normalized spacial score (nSPS) is 11.7. The van der Waals surface area contributed by atoms with Gasteiger partial charge in [-0.1, -0.05) is 83.1 Å². The van der Waals surface area contributed by atoms with E-state index in [1.807, 2.05) is 52.0 Å². The zero-order valence-corrected chi connectivity index (χ0v) is 23.6. The van der Waals surface area contributed by atoms with Crippen LogP contribution in [-0.2, 0) is 31.1 Å². The van der Waals surface area contributed by atoms with E-state index in [0.717, 1.165) is 44.5 Å². The molecule has 0 aliphatic rings. The van der Waals surface area contributed by atoms with E-state index >= 15 is 0 Å². The fourth-order valence-corrected chi connectivity index (χ4v) is 5.88. The van der Waals surface area contributed by atoms with Gasteiger partial charge in [0.2, 0.25) is 0 Å². The molecule has 0 saturated heterocycles. The third-order valence-corrected chi connectivity index (χ3v) is 8.33. The van der Waals surface area contributed by atoms with Crippen molar-refractivity contribution in [1.29, 1.82) is 0 Å². The maximum absolute atomic E-state index is 10.6. The minimum atomic E-state index is -0.640. The van der Waals surface area contributed by atoms with E-state index in [9.17, 15) is 20.4 Å². The predicted molar refractivity (Wildman–Crippen MR) is 158 cm³/mol. The van der Waals surface area contributed by atoms with Gasteiger partial charge in [-0.3, -0.25) is 0 Å². The van der Waals surface area contributed by atoms with Crippen molar-refractivity contribution in [3.8, 4) is 23.0 Å². The molecule has 0 saturated carbocycles. The Bertz CT molecular complexity index is 1360. The fraction of sp³-hybridized carbons (Fsp3) is 0.314. The van der Waals surface area contributed by atoms with Gasteiger partial charge in [0.25, 0.3) is 0 Å². The van der Waals surface area contributed by atoms with E-state index in [4.69, 9.17) is 0 Å². The van der Waals surface area contributed by atoms with Gasteiger partial charge in [0.05, 0.1) is 0 Å². The number of aryl methyl sites for hydroxylation is 4. The van der Waals surface area contributed by atoms with Crippen LogP contribution < -0.4 is 0 Å². The summed E-state index contributed by atoms with van der Waals surface area (Å²) in [6.45, 7) is 10.3. The van der Waals surface area contributed by atoms with Gasteiger partial charge in [-0.15, -0.1) is 0 Å². The number of benzene rings is 4. The number of phenolic OH excluding ortho intramolecular Hbond substituents is 4. The van der Waals surface area contributed by atoms with Gasteiger partial charge in [0.1, 0.15) is 23.0 Å². The number of aromatic hydroxyl groups is 4. The summed E-state index contributed by atoms with van der Waals surface area (Å²) < 4.78 is 0. The van der Waals surface area contributed by atoms with Crippen molar-refractivity contribution < 1.29 is 20.4 Å². The highest BCUT2D eigenvalue weighted by molar-refractivity contribution is 5.56. The summed E-state index contributed by atoms with van der Waals surface area (Å²) in [5.74, 6) is 0.888. The second-order valence-corrected chi connectivity index (χ2v) is 10.5. The zero-order chi connectivity index (χ0) is 28.3. The van der Waals surface area contributed by atoms with Gasteiger partial charge in [-0.25, -0.2) is 0 Å². The molecular weight excluding hydrogens is 484 g/mol. The molecule has 4 heteroatoms. The number of hydrogen-bond donors (Lipinski definition) is 4. The molecular formula is C35H40O4. The second-order valence-electron chi connectivity index (χ2n) is 10.5. The average molecular weight is 525 g/mol. The molecule has 4 N–H and O–H groups in total. The molecule has 204 valence electrons. The number of hydrogen-bond acceptors (Lipinski definition) is 4. The highest BCUT2D eigenvalue weighted by Gasteiger charge is 2.41. The Hall–Kier alpha value is -3.92. The monoisotopic (exact) mass is 524 g/mol. The molecule has 0 aliphatic heterocycles. The molecule has 0 bridgehead atoms. The van der Waals surface area contributed by atoms with Crippen LogP contribution in [0.4, 0.5) is 0 Å². The standard InChI is InChI=1S/C35H40O4/c1-6-22-18-26(10-14-30(22)36)34(27-11-15-31(37)23(7-2)19-27)35(5,28-12-16-32(38)24(8-3)20-28)29-13-17-33(39)25(9-4)21-29/h10-21,34,36-39H,6-9H2,1-5H3. The molecule has 0 unspecified atom stereocenters. The maximum atomic E-state index is 10.6. The quantitative estimate of drug-likeness (QED) is 0.179.